The Kier molecular flexibility index (Phi) is 3.08. The van der Waals surface area contributed by atoms with Crippen LogP contribution in [0, 0.1) is 13.8 Å². The molecule has 3 aromatic rings. The maximum Gasteiger partial charge on any atom is 0.265 e. The molecule has 0 aliphatic heterocycles. The van der Waals surface area contributed by atoms with Crippen molar-refractivity contribution >= 4 is 44.5 Å². The number of nitrogens with zero attached hydrogens (tertiary/aromatic N) is 1. The number of thiophene rings is 1. The minimum atomic E-state index is -0.0567. The number of nitrogens with one attached hydrogen (secondary N) is 1. The van der Waals surface area contributed by atoms with E-state index in [-0.39, 0.29) is 5.91 Å². The second-order valence-electron chi connectivity index (χ2n) is 4.30. The Morgan fingerprint density at radius 1 is 1.26 bits per heavy atom. The fourth-order valence-electron chi connectivity index (χ4n) is 1.91. The summed E-state index contributed by atoms with van der Waals surface area (Å²) in [7, 11) is 0. The van der Waals surface area contributed by atoms with Gasteiger partial charge in [0.1, 0.15) is 0 Å². The van der Waals surface area contributed by atoms with Gasteiger partial charge in [0.25, 0.3) is 5.91 Å². The van der Waals surface area contributed by atoms with Gasteiger partial charge >= 0.3 is 0 Å². The van der Waals surface area contributed by atoms with Crippen LogP contribution in [0.3, 0.4) is 0 Å². The molecule has 0 fully saturated rings. The largest absolute Gasteiger partial charge is 0.321 e. The monoisotopic (exact) mass is 288 g/mol. The Morgan fingerprint density at radius 3 is 2.84 bits per heavy atom. The van der Waals surface area contributed by atoms with Crippen molar-refractivity contribution in [3.8, 4) is 0 Å². The lowest BCUT2D eigenvalue weighted by Crippen LogP contribution is -2.11. The molecule has 0 bridgehead atoms. The number of thiazole rings is 1. The Hall–Kier alpha value is -1.72. The predicted octanol–water partition coefficient (Wildman–Crippen LogP) is 4.23. The number of rotatable bonds is 2. The van der Waals surface area contributed by atoms with Gasteiger partial charge in [0.05, 0.1) is 20.1 Å². The Bertz CT molecular complexity index is 758. The van der Waals surface area contributed by atoms with Crippen LogP contribution < -0.4 is 5.32 Å². The lowest BCUT2D eigenvalue weighted by molar-refractivity contribution is 0.103. The smallest absolute Gasteiger partial charge is 0.265 e. The number of carbonyl (C=O) groups is 1. The summed E-state index contributed by atoms with van der Waals surface area (Å²) in [5, 5.41) is 5.89. The van der Waals surface area contributed by atoms with Crippen LogP contribution in [-0.2, 0) is 0 Å². The summed E-state index contributed by atoms with van der Waals surface area (Å²) in [5.41, 5.74) is 2.73. The number of anilines is 1. The van der Waals surface area contributed by atoms with Crippen LogP contribution >= 0.6 is 22.7 Å². The molecular weight excluding hydrogens is 276 g/mol. The lowest BCUT2D eigenvalue weighted by Gasteiger charge is -2.04. The molecule has 1 N–H and O–H groups in total. The van der Waals surface area contributed by atoms with Crippen molar-refractivity contribution in [2.75, 3.05) is 5.32 Å². The highest BCUT2D eigenvalue weighted by atomic mass is 32.1. The standard InChI is InChI=1S/C14H12N2OS2/c1-8-5-6-18-13(8)14(17)16-10-3-4-12-11(7-10)15-9(2)19-12/h3-7H,1-2H3,(H,16,17). The molecular formula is C14H12N2OS2. The molecule has 0 saturated heterocycles. The van der Waals surface area contributed by atoms with Crippen LogP contribution in [0.1, 0.15) is 20.2 Å². The second kappa shape index (κ2) is 4.75. The van der Waals surface area contributed by atoms with Crippen molar-refractivity contribution in [1.29, 1.82) is 0 Å². The number of aryl methyl sites for hydroxylation is 2. The van der Waals surface area contributed by atoms with E-state index in [1.54, 1.807) is 11.3 Å². The van der Waals surface area contributed by atoms with E-state index >= 15 is 0 Å². The summed E-state index contributed by atoms with van der Waals surface area (Å²) in [6.45, 7) is 3.93. The van der Waals surface area contributed by atoms with Gasteiger partial charge in [-0.1, -0.05) is 0 Å². The van der Waals surface area contributed by atoms with Crippen LogP contribution in [0.25, 0.3) is 10.2 Å². The summed E-state index contributed by atoms with van der Waals surface area (Å²) >= 11 is 3.12. The molecule has 19 heavy (non-hydrogen) atoms. The Morgan fingerprint density at radius 2 is 2.11 bits per heavy atom. The summed E-state index contributed by atoms with van der Waals surface area (Å²) in [4.78, 5) is 17.3. The zero-order valence-corrected chi connectivity index (χ0v) is 12.2. The summed E-state index contributed by atoms with van der Waals surface area (Å²) in [5.74, 6) is -0.0567. The Balaban J connectivity index is 1.89. The number of amides is 1. The summed E-state index contributed by atoms with van der Waals surface area (Å²) in [6, 6.07) is 7.78. The quantitative estimate of drug-likeness (QED) is 0.767. The van der Waals surface area contributed by atoms with E-state index in [1.165, 1.54) is 11.3 Å². The van der Waals surface area contributed by atoms with Crippen LogP contribution in [0.2, 0.25) is 0 Å². The van der Waals surface area contributed by atoms with E-state index in [1.807, 2.05) is 43.5 Å². The molecule has 0 spiro atoms. The normalized spacial score (nSPS) is 10.8. The van der Waals surface area contributed by atoms with Crippen molar-refractivity contribution in [2.45, 2.75) is 13.8 Å². The molecule has 1 amide bonds. The first-order valence-corrected chi connectivity index (χ1v) is 7.56. The molecule has 0 atom stereocenters. The number of aromatic nitrogens is 1. The van der Waals surface area contributed by atoms with E-state index in [0.29, 0.717) is 0 Å². The zero-order chi connectivity index (χ0) is 13.4. The second-order valence-corrected chi connectivity index (χ2v) is 6.45. The van der Waals surface area contributed by atoms with Crippen molar-refractivity contribution < 1.29 is 4.79 Å². The molecule has 3 rings (SSSR count). The number of hydrogen-bond donors (Lipinski definition) is 1. The molecule has 2 heterocycles. The SMILES string of the molecule is Cc1nc2cc(NC(=O)c3sccc3C)ccc2s1. The third-order valence-electron chi connectivity index (χ3n) is 2.82. The molecule has 96 valence electrons. The third kappa shape index (κ3) is 2.39. The van der Waals surface area contributed by atoms with Crippen LogP contribution in [-0.4, -0.2) is 10.9 Å². The minimum absolute atomic E-state index is 0.0567. The zero-order valence-electron chi connectivity index (χ0n) is 10.6. The van der Waals surface area contributed by atoms with Crippen LogP contribution in [0.5, 0.6) is 0 Å². The highest BCUT2D eigenvalue weighted by Gasteiger charge is 2.11. The van der Waals surface area contributed by atoms with Gasteiger partial charge in [-0.05, 0) is 49.1 Å². The van der Waals surface area contributed by atoms with Crippen LogP contribution in [0.15, 0.2) is 29.6 Å². The number of fused-ring (bicyclic) bond motifs is 1. The van der Waals surface area contributed by atoms with Gasteiger partial charge in [0.15, 0.2) is 0 Å². The maximum absolute atomic E-state index is 12.1. The average molecular weight is 288 g/mol. The molecule has 5 heteroatoms. The summed E-state index contributed by atoms with van der Waals surface area (Å²) < 4.78 is 1.14. The summed E-state index contributed by atoms with van der Waals surface area (Å²) in [6.07, 6.45) is 0. The van der Waals surface area contributed by atoms with E-state index in [2.05, 4.69) is 10.3 Å². The van der Waals surface area contributed by atoms with E-state index in [9.17, 15) is 4.79 Å². The number of benzene rings is 1. The van der Waals surface area contributed by atoms with Gasteiger partial charge in [0, 0.05) is 5.69 Å². The van der Waals surface area contributed by atoms with Crippen molar-refractivity contribution in [2.24, 2.45) is 0 Å². The van der Waals surface area contributed by atoms with E-state index < -0.39 is 0 Å². The fourth-order valence-corrected chi connectivity index (χ4v) is 3.54. The third-order valence-corrected chi connectivity index (χ3v) is 4.79. The number of hydrogen-bond acceptors (Lipinski definition) is 4. The Labute approximate surface area is 118 Å². The van der Waals surface area contributed by atoms with E-state index in [0.717, 1.165) is 31.4 Å². The topological polar surface area (TPSA) is 42.0 Å². The molecule has 1 aromatic carbocycles. The van der Waals surface area contributed by atoms with Crippen LogP contribution in [0.4, 0.5) is 5.69 Å². The molecule has 3 nitrogen and oxygen atoms in total. The molecule has 0 aliphatic carbocycles. The van der Waals surface area contributed by atoms with Gasteiger partial charge in [-0.15, -0.1) is 22.7 Å². The highest BCUT2D eigenvalue weighted by Crippen LogP contribution is 2.25. The fraction of sp³-hybridized carbons (Fsp3) is 0.143. The molecule has 2 aromatic heterocycles. The first-order chi connectivity index (χ1) is 9.13. The van der Waals surface area contributed by atoms with Gasteiger partial charge in [-0.2, -0.15) is 0 Å². The van der Waals surface area contributed by atoms with Crippen molar-refractivity contribution in [1.82, 2.24) is 4.98 Å². The van der Waals surface area contributed by atoms with Crippen molar-refractivity contribution in [3.05, 3.63) is 45.1 Å². The molecule has 0 saturated carbocycles. The minimum Gasteiger partial charge on any atom is -0.321 e. The molecule has 0 unspecified atom stereocenters. The maximum atomic E-state index is 12.1. The predicted molar refractivity (Wildman–Crippen MR) is 81.4 cm³/mol. The molecule has 0 radical (unpaired) electrons. The lowest BCUT2D eigenvalue weighted by atomic mass is 10.2. The molecule has 0 aliphatic rings. The van der Waals surface area contributed by atoms with Gasteiger partial charge in [0.2, 0.25) is 0 Å². The average Bonchev–Trinajstić information content (AvgIpc) is 2.93. The van der Waals surface area contributed by atoms with Crippen molar-refractivity contribution in [3.63, 3.8) is 0 Å². The van der Waals surface area contributed by atoms with Gasteiger partial charge in [-0.25, -0.2) is 4.98 Å². The highest BCUT2D eigenvalue weighted by molar-refractivity contribution is 7.18. The number of carbonyl (C=O) groups excluding carboxylic acids is 1. The first kappa shape index (κ1) is 12.3. The van der Waals surface area contributed by atoms with Gasteiger partial charge in [-0.3, -0.25) is 4.79 Å². The van der Waals surface area contributed by atoms with E-state index in [4.69, 9.17) is 0 Å². The van der Waals surface area contributed by atoms with Gasteiger partial charge < -0.3 is 5.32 Å². The first-order valence-electron chi connectivity index (χ1n) is 5.86.